The minimum Gasteiger partial charge on any atom is -0.481 e. The van der Waals surface area contributed by atoms with E-state index in [2.05, 4.69) is 16.0 Å². The SMILES string of the molecule is NC(CO)C(=O)NC(CC(=O)O)C(=O)NC(Cc1ccccc1)C(=O)NC(CO)C(=O)O. The predicted octanol–water partition coefficient (Wildman–Crippen LogP) is -3.45. The summed E-state index contributed by atoms with van der Waals surface area (Å²) in [5, 5.41) is 42.6. The van der Waals surface area contributed by atoms with E-state index in [-0.39, 0.29) is 6.42 Å². The molecule has 4 atom stereocenters. The minimum atomic E-state index is -1.63. The lowest BCUT2D eigenvalue weighted by molar-refractivity contribution is -0.144. The zero-order chi connectivity index (χ0) is 24.3. The number of amides is 3. The smallest absolute Gasteiger partial charge is 0.328 e. The Hall–Kier alpha value is -3.55. The maximum Gasteiger partial charge on any atom is 0.328 e. The molecule has 4 unspecified atom stereocenters. The zero-order valence-corrected chi connectivity index (χ0v) is 16.9. The largest absolute Gasteiger partial charge is 0.481 e. The number of aliphatic carboxylic acids is 2. The summed E-state index contributed by atoms with van der Waals surface area (Å²) in [4.78, 5) is 59.4. The molecule has 9 N–H and O–H groups in total. The summed E-state index contributed by atoms with van der Waals surface area (Å²) in [5.41, 5.74) is 5.95. The first-order chi connectivity index (χ1) is 15.1. The normalized spacial score (nSPS) is 14.3. The van der Waals surface area contributed by atoms with Crippen LogP contribution in [0.5, 0.6) is 0 Å². The number of nitrogens with one attached hydrogen (secondary N) is 3. The molecule has 0 fully saturated rings. The summed E-state index contributed by atoms with van der Waals surface area (Å²) in [6.07, 6.45) is -0.941. The molecular formula is C19H26N4O9. The van der Waals surface area contributed by atoms with Gasteiger partial charge in [-0.2, -0.15) is 0 Å². The second kappa shape index (κ2) is 13.0. The highest BCUT2D eigenvalue weighted by atomic mass is 16.4. The maximum absolute atomic E-state index is 12.7. The van der Waals surface area contributed by atoms with Crippen LogP contribution < -0.4 is 21.7 Å². The zero-order valence-electron chi connectivity index (χ0n) is 16.9. The van der Waals surface area contributed by atoms with Crippen molar-refractivity contribution < 1.29 is 44.4 Å². The first-order valence-corrected chi connectivity index (χ1v) is 9.46. The van der Waals surface area contributed by atoms with Gasteiger partial charge in [-0.05, 0) is 5.56 Å². The van der Waals surface area contributed by atoms with E-state index >= 15 is 0 Å². The van der Waals surface area contributed by atoms with Gasteiger partial charge in [0.25, 0.3) is 0 Å². The number of aliphatic hydroxyl groups is 2. The number of carbonyl (C=O) groups is 5. The fraction of sp³-hybridized carbons (Fsp3) is 0.421. The third kappa shape index (κ3) is 8.67. The van der Waals surface area contributed by atoms with E-state index in [1.54, 1.807) is 30.3 Å². The standard InChI is InChI=1S/C19H26N4O9/c20-11(8-24)16(28)21-13(7-15(26)27)18(30)22-12(6-10-4-2-1-3-5-10)17(29)23-14(9-25)19(31)32/h1-5,11-14,24-25H,6-9,20H2,(H,21,28)(H,22,30)(H,23,29)(H,26,27)(H,31,32). The molecule has 0 radical (unpaired) electrons. The van der Waals surface area contributed by atoms with E-state index < -0.39 is 73.5 Å². The molecule has 0 spiro atoms. The number of aliphatic hydroxyl groups excluding tert-OH is 2. The van der Waals surface area contributed by atoms with Crippen LogP contribution in [0.3, 0.4) is 0 Å². The van der Waals surface area contributed by atoms with Crippen LogP contribution in [-0.2, 0) is 30.4 Å². The van der Waals surface area contributed by atoms with Gasteiger partial charge in [-0.25, -0.2) is 4.79 Å². The molecule has 0 aromatic heterocycles. The molecule has 1 aromatic rings. The maximum atomic E-state index is 12.7. The predicted molar refractivity (Wildman–Crippen MR) is 108 cm³/mol. The summed E-state index contributed by atoms with van der Waals surface area (Å²) in [5.74, 6) is -5.91. The van der Waals surface area contributed by atoms with Crippen LogP contribution in [0.25, 0.3) is 0 Å². The van der Waals surface area contributed by atoms with Crippen molar-refractivity contribution in [3.05, 3.63) is 35.9 Å². The Labute approximate surface area is 182 Å². The number of hydrogen-bond donors (Lipinski definition) is 8. The van der Waals surface area contributed by atoms with Crippen LogP contribution in [0.1, 0.15) is 12.0 Å². The van der Waals surface area contributed by atoms with Crippen LogP contribution >= 0.6 is 0 Å². The van der Waals surface area contributed by atoms with Crippen LogP contribution in [0, 0.1) is 0 Å². The molecule has 0 heterocycles. The van der Waals surface area contributed by atoms with Crippen molar-refractivity contribution >= 4 is 29.7 Å². The molecule has 13 heteroatoms. The molecule has 0 saturated carbocycles. The molecule has 0 aliphatic heterocycles. The Morgan fingerprint density at radius 1 is 0.781 bits per heavy atom. The molecule has 176 valence electrons. The van der Waals surface area contributed by atoms with Gasteiger partial charge in [-0.3, -0.25) is 19.2 Å². The lowest BCUT2D eigenvalue weighted by Crippen LogP contribution is -2.58. The van der Waals surface area contributed by atoms with Crippen molar-refractivity contribution in [3.63, 3.8) is 0 Å². The van der Waals surface area contributed by atoms with E-state index in [4.69, 9.17) is 26.2 Å². The summed E-state index contributed by atoms with van der Waals surface area (Å²) in [6.45, 7) is -1.65. The lowest BCUT2D eigenvalue weighted by atomic mass is 10.0. The third-order valence-corrected chi connectivity index (χ3v) is 4.26. The molecule has 0 aliphatic rings. The van der Waals surface area contributed by atoms with Gasteiger partial charge in [0.15, 0.2) is 0 Å². The Balaban J connectivity index is 3.08. The number of carboxylic acid groups (broad SMARTS) is 2. The number of rotatable bonds is 13. The molecule has 0 saturated heterocycles. The van der Waals surface area contributed by atoms with E-state index in [1.165, 1.54) is 0 Å². The second-order valence-corrected chi connectivity index (χ2v) is 6.78. The number of hydrogen-bond acceptors (Lipinski definition) is 8. The van der Waals surface area contributed by atoms with Crippen molar-refractivity contribution in [2.45, 2.75) is 37.0 Å². The summed E-state index contributed by atoms with van der Waals surface area (Å²) < 4.78 is 0. The van der Waals surface area contributed by atoms with Crippen molar-refractivity contribution in [2.75, 3.05) is 13.2 Å². The first kappa shape index (κ1) is 26.5. The highest BCUT2D eigenvalue weighted by molar-refractivity contribution is 5.95. The van der Waals surface area contributed by atoms with Crippen molar-refractivity contribution in [3.8, 4) is 0 Å². The first-order valence-electron chi connectivity index (χ1n) is 9.46. The topological polar surface area (TPSA) is 228 Å². The van der Waals surface area contributed by atoms with Gasteiger partial charge < -0.3 is 42.1 Å². The van der Waals surface area contributed by atoms with Gasteiger partial charge in [0, 0.05) is 6.42 Å². The Kier molecular flexibility index (Phi) is 10.8. The fourth-order valence-corrected chi connectivity index (χ4v) is 2.53. The molecule has 3 amide bonds. The molecule has 13 nitrogen and oxygen atoms in total. The molecule has 1 aromatic carbocycles. The Bertz CT molecular complexity index is 818. The fourth-order valence-electron chi connectivity index (χ4n) is 2.53. The van der Waals surface area contributed by atoms with Gasteiger partial charge >= 0.3 is 11.9 Å². The van der Waals surface area contributed by atoms with E-state index in [1.807, 2.05) is 0 Å². The number of benzene rings is 1. The van der Waals surface area contributed by atoms with Crippen LogP contribution in [-0.4, -0.2) is 87.5 Å². The lowest BCUT2D eigenvalue weighted by Gasteiger charge is -2.24. The molecular weight excluding hydrogens is 428 g/mol. The quantitative estimate of drug-likeness (QED) is 0.147. The number of carbonyl (C=O) groups excluding carboxylic acids is 3. The number of nitrogens with two attached hydrogens (primary N) is 1. The van der Waals surface area contributed by atoms with Gasteiger partial charge in [0.2, 0.25) is 17.7 Å². The highest BCUT2D eigenvalue weighted by Crippen LogP contribution is 2.05. The molecule has 0 bridgehead atoms. The van der Waals surface area contributed by atoms with Crippen molar-refractivity contribution in [2.24, 2.45) is 5.73 Å². The van der Waals surface area contributed by atoms with E-state index in [9.17, 15) is 24.0 Å². The van der Waals surface area contributed by atoms with Crippen molar-refractivity contribution in [1.82, 2.24) is 16.0 Å². The van der Waals surface area contributed by atoms with E-state index in [0.717, 1.165) is 0 Å². The average molecular weight is 454 g/mol. The third-order valence-electron chi connectivity index (χ3n) is 4.26. The monoisotopic (exact) mass is 454 g/mol. The van der Waals surface area contributed by atoms with Crippen LogP contribution in [0.2, 0.25) is 0 Å². The van der Waals surface area contributed by atoms with Gasteiger partial charge in [-0.15, -0.1) is 0 Å². The van der Waals surface area contributed by atoms with Gasteiger partial charge in [-0.1, -0.05) is 30.3 Å². The van der Waals surface area contributed by atoms with Crippen LogP contribution in [0.15, 0.2) is 30.3 Å². The van der Waals surface area contributed by atoms with E-state index in [0.29, 0.717) is 5.56 Å². The van der Waals surface area contributed by atoms with Gasteiger partial charge in [0.05, 0.1) is 19.6 Å². The second-order valence-electron chi connectivity index (χ2n) is 6.78. The van der Waals surface area contributed by atoms with Crippen molar-refractivity contribution in [1.29, 1.82) is 0 Å². The van der Waals surface area contributed by atoms with Crippen LogP contribution in [0.4, 0.5) is 0 Å². The summed E-state index contributed by atoms with van der Waals surface area (Å²) >= 11 is 0. The molecule has 0 aliphatic carbocycles. The number of carboxylic acids is 2. The highest BCUT2D eigenvalue weighted by Gasteiger charge is 2.31. The van der Waals surface area contributed by atoms with Gasteiger partial charge in [0.1, 0.15) is 24.2 Å². The average Bonchev–Trinajstić information content (AvgIpc) is 2.75. The molecule has 1 rings (SSSR count). The summed E-state index contributed by atoms with van der Waals surface area (Å²) in [6, 6.07) is 2.32. The minimum absolute atomic E-state index is 0.0972. The Morgan fingerprint density at radius 3 is 1.81 bits per heavy atom. The Morgan fingerprint density at radius 2 is 1.31 bits per heavy atom. The summed E-state index contributed by atoms with van der Waals surface area (Å²) in [7, 11) is 0. The molecule has 32 heavy (non-hydrogen) atoms.